The van der Waals surface area contributed by atoms with Gasteiger partial charge in [0.15, 0.2) is 0 Å². The van der Waals surface area contributed by atoms with E-state index >= 15 is 0 Å². The molecule has 0 saturated heterocycles. The number of para-hydroxylation sites is 2. The topological polar surface area (TPSA) is 38.0 Å². The van der Waals surface area contributed by atoms with Crippen molar-refractivity contribution in [2.45, 2.75) is 19.9 Å². The summed E-state index contributed by atoms with van der Waals surface area (Å²) in [5, 5.41) is 3.44. The highest BCUT2D eigenvalue weighted by atomic mass is 14.9. The molecule has 2 aromatic rings. The van der Waals surface area contributed by atoms with Crippen molar-refractivity contribution in [3.63, 3.8) is 0 Å². The van der Waals surface area contributed by atoms with Crippen molar-refractivity contribution in [3.05, 3.63) is 59.7 Å². The predicted molar refractivity (Wildman–Crippen MR) is 74.0 cm³/mol. The smallest absolute Gasteiger partial charge is 0.0421 e. The monoisotopic (exact) mass is 226 g/mol. The molecule has 0 heterocycles. The highest BCUT2D eigenvalue weighted by Crippen LogP contribution is 2.18. The van der Waals surface area contributed by atoms with Crippen LogP contribution in [0, 0.1) is 0 Å². The van der Waals surface area contributed by atoms with Gasteiger partial charge < -0.3 is 11.1 Å². The van der Waals surface area contributed by atoms with Gasteiger partial charge in [0, 0.05) is 17.9 Å². The third-order valence-electron chi connectivity index (χ3n) is 2.92. The summed E-state index contributed by atoms with van der Waals surface area (Å²) >= 11 is 0. The van der Waals surface area contributed by atoms with Gasteiger partial charge in [-0.2, -0.15) is 0 Å². The molecular formula is C15H18N2. The van der Waals surface area contributed by atoms with Crippen molar-refractivity contribution >= 4 is 11.4 Å². The van der Waals surface area contributed by atoms with E-state index in [1.165, 1.54) is 11.3 Å². The minimum atomic E-state index is 0.768. The molecule has 88 valence electrons. The number of anilines is 2. The third-order valence-corrected chi connectivity index (χ3v) is 2.92. The Morgan fingerprint density at radius 3 is 2.29 bits per heavy atom. The average Bonchev–Trinajstić information content (AvgIpc) is 2.38. The van der Waals surface area contributed by atoms with Crippen LogP contribution in [0.5, 0.6) is 0 Å². The Hall–Kier alpha value is -1.96. The van der Waals surface area contributed by atoms with E-state index in [4.69, 9.17) is 5.73 Å². The molecule has 0 unspecified atom stereocenters. The van der Waals surface area contributed by atoms with Crippen LogP contribution in [-0.4, -0.2) is 0 Å². The van der Waals surface area contributed by atoms with Crippen molar-refractivity contribution in [2.24, 2.45) is 0 Å². The molecule has 3 N–H and O–H groups in total. The molecule has 2 heteroatoms. The maximum Gasteiger partial charge on any atom is 0.0421 e. The number of aryl methyl sites for hydroxylation is 1. The van der Waals surface area contributed by atoms with Crippen molar-refractivity contribution in [1.82, 2.24) is 0 Å². The lowest BCUT2D eigenvalue weighted by molar-refractivity contribution is 1.09. The number of rotatable bonds is 4. The first-order chi connectivity index (χ1) is 8.31. The number of benzene rings is 2. The maximum absolute atomic E-state index is 5.92. The predicted octanol–water partition coefficient (Wildman–Crippen LogP) is 3.44. The number of nitrogens with two attached hydrogens (primary N) is 1. The number of nitrogen functional groups attached to an aromatic ring is 1. The first kappa shape index (κ1) is 11.5. The van der Waals surface area contributed by atoms with E-state index in [1.807, 2.05) is 18.2 Å². The minimum absolute atomic E-state index is 0.768. The SMILES string of the molecule is CCc1ccccc1NCc1ccccc1N. The van der Waals surface area contributed by atoms with Crippen molar-refractivity contribution in [3.8, 4) is 0 Å². The fraction of sp³-hybridized carbons (Fsp3) is 0.200. The van der Waals surface area contributed by atoms with Crippen LogP contribution in [0.25, 0.3) is 0 Å². The van der Waals surface area contributed by atoms with Crippen molar-refractivity contribution in [1.29, 1.82) is 0 Å². The van der Waals surface area contributed by atoms with E-state index in [1.54, 1.807) is 0 Å². The first-order valence-corrected chi connectivity index (χ1v) is 5.96. The van der Waals surface area contributed by atoms with E-state index in [9.17, 15) is 0 Å². The van der Waals surface area contributed by atoms with Gasteiger partial charge in [0.25, 0.3) is 0 Å². The van der Waals surface area contributed by atoms with Gasteiger partial charge >= 0.3 is 0 Å². The lowest BCUT2D eigenvalue weighted by Gasteiger charge is -2.12. The van der Waals surface area contributed by atoms with Gasteiger partial charge in [0.2, 0.25) is 0 Å². The molecule has 2 nitrogen and oxygen atoms in total. The molecule has 0 bridgehead atoms. The number of nitrogens with one attached hydrogen (secondary N) is 1. The largest absolute Gasteiger partial charge is 0.398 e. The zero-order chi connectivity index (χ0) is 12.1. The molecular weight excluding hydrogens is 208 g/mol. The molecule has 0 saturated carbocycles. The molecule has 0 aliphatic rings. The van der Waals surface area contributed by atoms with E-state index in [-0.39, 0.29) is 0 Å². The van der Waals surface area contributed by atoms with Gasteiger partial charge in [-0.1, -0.05) is 43.3 Å². The molecule has 0 amide bonds. The Morgan fingerprint density at radius 1 is 0.941 bits per heavy atom. The van der Waals surface area contributed by atoms with E-state index in [2.05, 4.69) is 42.6 Å². The van der Waals surface area contributed by atoms with Crippen LogP contribution in [-0.2, 0) is 13.0 Å². The van der Waals surface area contributed by atoms with Crippen LogP contribution in [0.4, 0.5) is 11.4 Å². The Labute approximate surface area is 102 Å². The molecule has 17 heavy (non-hydrogen) atoms. The van der Waals surface area contributed by atoms with Crippen LogP contribution in [0.15, 0.2) is 48.5 Å². The highest BCUT2D eigenvalue weighted by Gasteiger charge is 2.00. The van der Waals surface area contributed by atoms with E-state index in [0.717, 1.165) is 24.2 Å². The zero-order valence-corrected chi connectivity index (χ0v) is 10.1. The molecule has 0 aromatic heterocycles. The van der Waals surface area contributed by atoms with E-state index in [0.29, 0.717) is 0 Å². The summed E-state index contributed by atoms with van der Waals surface area (Å²) in [6.45, 7) is 2.93. The summed E-state index contributed by atoms with van der Waals surface area (Å²) in [6, 6.07) is 16.3. The summed E-state index contributed by atoms with van der Waals surface area (Å²) in [4.78, 5) is 0. The second-order valence-electron chi connectivity index (χ2n) is 4.06. The standard InChI is InChI=1S/C15H18N2/c1-2-12-7-4-6-10-15(12)17-11-13-8-3-5-9-14(13)16/h3-10,17H,2,11,16H2,1H3. The van der Waals surface area contributed by atoms with Crippen LogP contribution in [0.1, 0.15) is 18.1 Å². The lowest BCUT2D eigenvalue weighted by Crippen LogP contribution is -2.04. The fourth-order valence-corrected chi connectivity index (χ4v) is 1.89. The quantitative estimate of drug-likeness (QED) is 0.784. The molecule has 0 aliphatic heterocycles. The van der Waals surface area contributed by atoms with Crippen molar-refractivity contribution in [2.75, 3.05) is 11.1 Å². The van der Waals surface area contributed by atoms with Gasteiger partial charge in [0.05, 0.1) is 0 Å². The van der Waals surface area contributed by atoms with Crippen LogP contribution in [0.2, 0.25) is 0 Å². The Balaban J connectivity index is 2.10. The van der Waals surface area contributed by atoms with Gasteiger partial charge in [0.1, 0.15) is 0 Å². The molecule has 0 fully saturated rings. The van der Waals surface area contributed by atoms with Crippen LogP contribution < -0.4 is 11.1 Å². The normalized spacial score (nSPS) is 10.2. The summed E-state index contributed by atoms with van der Waals surface area (Å²) in [5.74, 6) is 0. The highest BCUT2D eigenvalue weighted by molar-refractivity contribution is 5.54. The summed E-state index contributed by atoms with van der Waals surface area (Å²) in [5.41, 5.74) is 10.4. The average molecular weight is 226 g/mol. The van der Waals surface area contributed by atoms with Gasteiger partial charge in [-0.3, -0.25) is 0 Å². The zero-order valence-electron chi connectivity index (χ0n) is 10.1. The van der Waals surface area contributed by atoms with Crippen molar-refractivity contribution < 1.29 is 0 Å². The lowest BCUT2D eigenvalue weighted by atomic mass is 10.1. The van der Waals surface area contributed by atoms with Gasteiger partial charge in [-0.05, 0) is 29.7 Å². The van der Waals surface area contributed by atoms with E-state index < -0.39 is 0 Å². The molecule has 0 spiro atoms. The van der Waals surface area contributed by atoms with Crippen LogP contribution in [0.3, 0.4) is 0 Å². The Bertz CT molecular complexity index is 492. The molecule has 0 atom stereocenters. The summed E-state index contributed by atoms with van der Waals surface area (Å²) in [7, 11) is 0. The van der Waals surface area contributed by atoms with Gasteiger partial charge in [-0.15, -0.1) is 0 Å². The number of hydrogen-bond donors (Lipinski definition) is 2. The van der Waals surface area contributed by atoms with Crippen LogP contribution >= 0.6 is 0 Å². The van der Waals surface area contributed by atoms with Gasteiger partial charge in [-0.25, -0.2) is 0 Å². The second kappa shape index (κ2) is 5.39. The summed E-state index contributed by atoms with van der Waals surface area (Å²) < 4.78 is 0. The molecule has 0 radical (unpaired) electrons. The summed E-state index contributed by atoms with van der Waals surface area (Å²) in [6.07, 6.45) is 1.04. The third kappa shape index (κ3) is 2.78. The second-order valence-corrected chi connectivity index (χ2v) is 4.06. The Kier molecular flexibility index (Phi) is 3.66. The molecule has 2 rings (SSSR count). The molecule has 2 aromatic carbocycles. The number of hydrogen-bond acceptors (Lipinski definition) is 2. The Morgan fingerprint density at radius 2 is 1.59 bits per heavy atom. The fourth-order valence-electron chi connectivity index (χ4n) is 1.89. The molecule has 0 aliphatic carbocycles. The minimum Gasteiger partial charge on any atom is -0.398 e. The maximum atomic E-state index is 5.92. The first-order valence-electron chi connectivity index (χ1n) is 5.96.